The number of fused-ring (bicyclic) bond motifs is 1. The van der Waals surface area contributed by atoms with E-state index < -0.39 is 0 Å². The number of urea groups is 1. The Bertz CT molecular complexity index is 886. The van der Waals surface area contributed by atoms with Gasteiger partial charge in [0.25, 0.3) is 6.47 Å². The summed E-state index contributed by atoms with van der Waals surface area (Å²) in [7, 11) is 0. The number of halogens is 1. The molecule has 2 aliphatic rings. The molecule has 9 heteroatoms. The molecule has 0 saturated heterocycles. The largest absolute Gasteiger partial charge is 0.465 e. The number of aromatic nitrogens is 2. The van der Waals surface area contributed by atoms with E-state index in [2.05, 4.69) is 20.6 Å². The standard InChI is InChI=1S/C19H20ClN5O3/c20-15-3-1-2-4-16(15)25-10-12-9-21-18(23-17(12)24-19(25)27)22-13-5-7-14(8-6-13)28-11-26/h1-4,9,11,13-14H,5-8,10H2,(H2,21,22,23,24,27). The highest BCUT2D eigenvalue weighted by Gasteiger charge is 2.28. The SMILES string of the molecule is O=COC1CCC(Nc2ncc3c(n2)NC(=O)N(c2ccccc2Cl)C3)CC1. The molecule has 1 aliphatic carbocycles. The van der Waals surface area contributed by atoms with Gasteiger partial charge in [0.05, 0.1) is 17.3 Å². The van der Waals surface area contributed by atoms with Crippen molar-refractivity contribution in [2.75, 3.05) is 15.5 Å². The van der Waals surface area contributed by atoms with Gasteiger partial charge in [0, 0.05) is 17.8 Å². The molecule has 0 atom stereocenters. The third kappa shape index (κ3) is 3.87. The molecule has 2 heterocycles. The van der Waals surface area contributed by atoms with Crippen LogP contribution >= 0.6 is 11.6 Å². The molecule has 1 aromatic carbocycles. The van der Waals surface area contributed by atoms with E-state index in [4.69, 9.17) is 16.3 Å². The first kappa shape index (κ1) is 18.5. The van der Waals surface area contributed by atoms with E-state index in [1.807, 2.05) is 12.1 Å². The van der Waals surface area contributed by atoms with Gasteiger partial charge in [-0.1, -0.05) is 23.7 Å². The van der Waals surface area contributed by atoms with Crippen LogP contribution < -0.4 is 15.5 Å². The maximum atomic E-state index is 12.5. The summed E-state index contributed by atoms with van der Waals surface area (Å²) in [6.07, 6.45) is 5.07. The molecule has 1 fully saturated rings. The maximum absolute atomic E-state index is 12.5. The molecule has 1 aromatic heterocycles. The van der Waals surface area contributed by atoms with Crippen LogP contribution in [0.1, 0.15) is 31.2 Å². The fourth-order valence-electron chi connectivity index (χ4n) is 3.58. The van der Waals surface area contributed by atoms with Crippen molar-refractivity contribution in [3.8, 4) is 0 Å². The number of benzene rings is 1. The molecule has 2 amide bonds. The van der Waals surface area contributed by atoms with Crippen LogP contribution in [0, 0.1) is 0 Å². The van der Waals surface area contributed by atoms with Crippen LogP contribution in [0.25, 0.3) is 0 Å². The lowest BCUT2D eigenvalue weighted by Crippen LogP contribution is -2.39. The first-order valence-electron chi connectivity index (χ1n) is 9.18. The fourth-order valence-corrected chi connectivity index (χ4v) is 3.82. The zero-order valence-electron chi connectivity index (χ0n) is 15.1. The van der Waals surface area contributed by atoms with Crippen molar-refractivity contribution in [3.63, 3.8) is 0 Å². The van der Waals surface area contributed by atoms with Crippen molar-refractivity contribution >= 4 is 41.6 Å². The summed E-state index contributed by atoms with van der Waals surface area (Å²) >= 11 is 6.22. The zero-order chi connectivity index (χ0) is 19.5. The Kier molecular flexibility index (Phi) is 5.29. The molecule has 2 aromatic rings. The number of nitrogens with zero attached hydrogens (tertiary/aromatic N) is 3. The molecule has 1 aliphatic heterocycles. The first-order valence-corrected chi connectivity index (χ1v) is 9.56. The lowest BCUT2D eigenvalue weighted by atomic mass is 9.93. The van der Waals surface area contributed by atoms with Crippen molar-refractivity contribution in [1.29, 1.82) is 0 Å². The van der Waals surface area contributed by atoms with Crippen molar-refractivity contribution in [2.45, 2.75) is 44.4 Å². The average Bonchev–Trinajstić information content (AvgIpc) is 2.70. The topological polar surface area (TPSA) is 96.5 Å². The van der Waals surface area contributed by atoms with E-state index in [1.54, 1.807) is 23.2 Å². The number of hydrogen-bond acceptors (Lipinski definition) is 6. The number of carbonyl (C=O) groups is 2. The van der Waals surface area contributed by atoms with Gasteiger partial charge < -0.3 is 10.1 Å². The quantitative estimate of drug-likeness (QED) is 0.743. The summed E-state index contributed by atoms with van der Waals surface area (Å²) in [4.78, 5) is 33.4. The van der Waals surface area contributed by atoms with Gasteiger partial charge in [0.1, 0.15) is 11.9 Å². The van der Waals surface area contributed by atoms with E-state index in [0.29, 0.717) is 35.5 Å². The number of rotatable bonds is 5. The zero-order valence-corrected chi connectivity index (χ0v) is 15.9. The molecule has 0 spiro atoms. The highest BCUT2D eigenvalue weighted by molar-refractivity contribution is 6.34. The van der Waals surface area contributed by atoms with Gasteiger partial charge in [-0.2, -0.15) is 4.98 Å². The number of para-hydroxylation sites is 1. The van der Waals surface area contributed by atoms with Crippen LogP contribution in [-0.2, 0) is 16.1 Å². The van der Waals surface area contributed by atoms with Crippen LogP contribution in [0.3, 0.4) is 0 Å². The fraction of sp³-hybridized carbons (Fsp3) is 0.368. The van der Waals surface area contributed by atoms with Gasteiger partial charge in [-0.25, -0.2) is 9.78 Å². The minimum Gasteiger partial charge on any atom is -0.465 e. The molecule has 0 unspecified atom stereocenters. The Morgan fingerprint density at radius 2 is 2.04 bits per heavy atom. The Hall–Kier alpha value is -2.87. The molecule has 8 nitrogen and oxygen atoms in total. The normalized spacial score (nSPS) is 21.5. The number of carbonyl (C=O) groups excluding carboxylic acids is 2. The number of nitrogens with one attached hydrogen (secondary N) is 2. The van der Waals surface area contributed by atoms with Gasteiger partial charge in [-0.15, -0.1) is 0 Å². The van der Waals surface area contributed by atoms with Gasteiger partial charge in [-0.05, 0) is 37.8 Å². The molecule has 28 heavy (non-hydrogen) atoms. The van der Waals surface area contributed by atoms with Crippen molar-refractivity contribution in [2.24, 2.45) is 0 Å². The van der Waals surface area contributed by atoms with Gasteiger partial charge in [0.15, 0.2) is 0 Å². The summed E-state index contributed by atoms with van der Waals surface area (Å²) in [5.74, 6) is 0.980. The van der Waals surface area contributed by atoms with Crippen LogP contribution in [0.15, 0.2) is 30.5 Å². The van der Waals surface area contributed by atoms with Crippen molar-refractivity contribution in [1.82, 2.24) is 9.97 Å². The van der Waals surface area contributed by atoms with Crippen molar-refractivity contribution < 1.29 is 14.3 Å². The summed E-state index contributed by atoms with van der Waals surface area (Å²) in [5.41, 5.74) is 1.46. The second-order valence-electron chi connectivity index (χ2n) is 6.89. The Labute approximate surface area is 167 Å². The summed E-state index contributed by atoms with van der Waals surface area (Å²) < 4.78 is 5.02. The van der Waals surface area contributed by atoms with E-state index in [9.17, 15) is 9.59 Å². The third-order valence-electron chi connectivity index (χ3n) is 5.06. The smallest absolute Gasteiger partial charge is 0.327 e. The van der Waals surface area contributed by atoms with Crippen LogP contribution in [0.5, 0.6) is 0 Å². The maximum Gasteiger partial charge on any atom is 0.327 e. The number of anilines is 3. The predicted octanol–water partition coefficient (Wildman–Crippen LogP) is 3.58. The molecule has 146 valence electrons. The lowest BCUT2D eigenvalue weighted by molar-refractivity contribution is -0.134. The molecule has 1 saturated carbocycles. The molecular weight excluding hydrogens is 382 g/mol. The van der Waals surface area contributed by atoms with Crippen LogP contribution in [-0.4, -0.2) is 34.6 Å². The van der Waals surface area contributed by atoms with Gasteiger partial charge in [0.2, 0.25) is 5.95 Å². The van der Waals surface area contributed by atoms with Crippen molar-refractivity contribution in [3.05, 3.63) is 41.0 Å². The van der Waals surface area contributed by atoms with E-state index in [0.717, 1.165) is 31.2 Å². The summed E-state index contributed by atoms with van der Waals surface area (Å²) in [6, 6.07) is 7.14. The molecule has 2 N–H and O–H groups in total. The highest BCUT2D eigenvalue weighted by Crippen LogP contribution is 2.31. The summed E-state index contributed by atoms with van der Waals surface area (Å²) in [6.45, 7) is 0.860. The Balaban J connectivity index is 1.44. The predicted molar refractivity (Wildman–Crippen MR) is 106 cm³/mol. The minimum atomic E-state index is -0.281. The van der Waals surface area contributed by atoms with E-state index in [-0.39, 0.29) is 18.2 Å². The second kappa shape index (κ2) is 8.02. The van der Waals surface area contributed by atoms with Crippen LogP contribution in [0.4, 0.5) is 22.2 Å². The van der Waals surface area contributed by atoms with E-state index >= 15 is 0 Å². The van der Waals surface area contributed by atoms with Gasteiger partial charge in [-0.3, -0.25) is 15.0 Å². The van der Waals surface area contributed by atoms with Gasteiger partial charge >= 0.3 is 6.03 Å². The first-order chi connectivity index (χ1) is 13.6. The number of hydrogen-bond donors (Lipinski definition) is 2. The molecule has 0 bridgehead atoms. The number of ether oxygens (including phenoxy) is 1. The minimum absolute atomic E-state index is 0.00455. The highest BCUT2D eigenvalue weighted by atomic mass is 35.5. The Morgan fingerprint density at radius 1 is 1.25 bits per heavy atom. The molecular formula is C19H20ClN5O3. The second-order valence-corrected chi connectivity index (χ2v) is 7.29. The lowest BCUT2D eigenvalue weighted by Gasteiger charge is -2.30. The Morgan fingerprint density at radius 3 is 2.79 bits per heavy atom. The average molecular weight is 402 g/mol. The van der Waals surface area contributed by atoms with Crippen LogP contribution in [0.2, 0.25) is 5.02 Å². The van der Waals surface area contributed by atoms with E-state index in [1.165, 1.54) is 0 Å². The summed E-state index contributed by atoms with van der Waals surface area (Å²) in [5, 5.41) is 6.63. The third-order valence-corrected chi connectivity index (χ3v) is 5.38. The monoisotopic (exact) mass is 401 g/mol. The molecule has 0 radical (unpaired) electrons. The molecule has 4 rings (SSSR count). The number of amides is 2.